The van der Waals surface area contributed by atoms with Gasteiger partial charge in [-0.15, -0.1) is 0 Å². The first-order valence-electron chi connectivity index (χ1n) is 6.51. The minimum atomic E-state index is -0.103. The molecule has 16 heavy (non-hydrogen) atoms. The van der Waals surface area contributed by atoms with E-state index in [4.69, 9.17) is 0 Å². The number of hydrogen-bond donors (Lipinski definition) is 2. The molecule has 1 unspecified atom stereocenters. The van der Waals surface area contributed by atoms with Gasteiger partial charge in [0.15, 0.2) is 0 Å². The van der Waals surface area contributed by atoms with E-state index in [9.17, 15) is 5.11 Å². The average molecular weight is 230 g/mol. The van der Waals surface area contributed by atoms with E-state index in [0.717, 1.165) is 32.4 Å². The summed E-state index contributed by atoms with van der Waals surface area (Å²) in [5.74, 6) is 0. The molecule has 0 saturated carbocycles. The Morgan fingerprint density at radius 2 is 2.00 bits per heavy atom. The zero-order chi connectivity index (χ0) is 12.6. The van der Waals surface area contributed by atoms with E-state index >= 15 is 0 Å². The SMILES string of the molecule is CCCNC(C)(CO)CCCN(C)C(C)C. The maximum atomic E-state index is 9.41. The van der Waals surface area contributed by atoms with Gasteiger partial charge in [-0.05, 0) is 60.2 Å². The lowest BCUT2D eigenvalue weighted by molar-refractivity contribution is 0.156. The number of aliphatic hydroxyl groups excluding tert-OH is 1. The van der Waals surface area contributed by atoms with Gasteiger partial charge < -0.3 is 15.3 Å². The van der Waals surface area contributed by atoms with Gasteiger partial charge in [0.25, 0.3) is 0 Å². The van der Waals surface area contributed by atoms with Gasteiger partial charge in [0, 0.05) is 11.6 Å². The number of hydrogen-bond acceptors (Lipinski definition) is 3. The third-order valence-electron chi connectivity index (χ3n) is 3.27. The highest BCUT2D eigenvalue weighted by molar-refractivity contribution is 4.82. The van der Waals surface area contributed by atoms with Crippen LogP contribution in [0.1, 0.15) is 47.0 Å². The summed E-state index contributed by atoms with van der Waals surface area (Å²) in [7, 11) is 2.15. The van der Waals surface area contributed by atoms with Gasteiger partial charge in [0.05, 0.1) is 6.61 Å². The molecule has 98 valence electrons. The fourth-order valence-corrected chi connectivity index (χ4v) is 1.63. The van der Waals surface area contributed by atoms with Crippen molar-refractivity contribution in [1.29, 1.82) is 0 Å². The Balaban J connectivity index is 3.85. The monoisotopic (exact) mass is 230 g/mol. The molecule has 0 aliphatic carbocycles. The second kappa shape index (κ2) is 8.04. The summed E-state index contributed by atoms with van der Waals surface area (Å²) in [4.78, 5) is 2.34. The summed E-state index contributed by atoms with van der Waals surface area (Å²) >= 11 is 0. The Morgan fingerprint density at radius 3 is 2.44 bits per heavy atom. The molecule has 0 aromatic rings. The molecule has 0 bridgehead atoms. The van der Waals surface area contributed by atoms with E-state index in [1.165, 1.54) is 0 Å². The molecule has 0 aromatic carbocycles. The van der Waals surface area contributed by atoms with E-state index in [0.29, 0.717) is 6.04 Å². The molecule has 0 saturated heterocycles. The smallest absolute Gasteiger partial charge is 0.0610 e. The summed E-state index contributed by atoms with van der Waals surface area (Å²) in [6.07, 6.45) is 3.27. The van der Waals surface area contributed by atoms with Crippen molar-refractivity contribution in [3.05, 3.63) is 0 Å². The van der Waals surface area contributed by atoms with Crippen molar-refractivity contribution in [1.82, 2.24) is 10.2 Å². The van der Waals surface area contributed by atoms with Crippen molar-refractivity contribution >= 4 is 0 Å². The topological polar surface area (TPSA) is 35.5 Å². The van der Waals surface area contributed by atoms with Gasteiger partial charge in [-0.2, -0.15) is 0 Å². The van der Waals surface area contributed by atoms with Crippen LogP contribution >= 0.6 is 0 Å². The fraction of sp³-hybridized carbons (Fsp3) is 1.00. The fourth-order valence-electron chi connectivity index (χ4n) is 1.63. The highest BCUT2D eigenvalue weighted by atomic mass is 16.3. The predicted molar refractivity (Wildman–Crippen MR) is 70.8 cm³/mol. The molecule has 1 atom stereocenters. The largest absolute Gasteiger partial charge is 0.394 e. The van der Waals surface area contributed by atoms with E-state index in [1.807, 2.05) is 0 Å². The molecule has 0 amide bonds. The Morgan fingerprint density at radius 1 is 1.38 bits per heavy atom. The van der Waals surface area contributed by atoms with Gasteiger partial charge in [-0.1, -0.05) is 6.92 Å². The van der Waals surface area contributed by atoms with Crippen LogP contribution in [0.15, 0.2) is 0 Å². The van der Waals surface area contributed by atoms with E-state index in [-0.39, 0.29) is 12.1 Å². The van der Waals surface area contributed by atoms with E-state index < -0.39 is 0 Å². The van der Waals surface area contributed by atoms with Crippen LogP contribution in [0.2, 0.25) is 0 Å². The zero-order valence-corrected chi connectivity index (χ0v) is 11.7. The first-order valence-corrected chi connectivity index (χ1v) is 6.51. The van der Waals surface area contributed by atoms with Crippen molar-refractivity contribution in [2.45, 2.75) is 58.5 Å². The molecule has 3 heteroatoms. The van der Waals surface area contributed by atoms with Crippen molar-refractivity contribution in [3.63, 3.8) is 0 Å². The lowest BCUT2D eigenvalue weighted by atomic mass is 9.96. The predicted octanol–water partition coefficient (Wildman–Crippen LogP) is 1.86. The Hall–Kier alpha value is -0.120. The number of aliphatic hydroxyl groups is 1. The maximum Gasteiger partial charge on any atom is 0.0610 e. The van der Waals surface area contributed by atoms with Gasteiger partial charge >= 0.3 is 0 Å². The molecular weight excluding hydrogens is 200 g/mol. The summed E-state index contributed by atoms with van der Waals surface area (Å²) in [6, 6.07) is 0.601. The standard InChI is InChI=1S/C13H30N2O/c1-6-9-14-13(4,11-16)8-7-10-15(5)12(2)3/h12,14,16H,6-11H2,1-5H3. The molecule has 0 radical (unpaired) electrons. The quantitative estimate of drug-likeness (QED) is 0.634. The van der Waals surface area contributed by atoms with Crippen molar-refractivity contribution < 1.29 is 5.11 Å². The molecule has 3 nitrogen and oxygen atoms in total. The van der Waals surface area contributed by atoms with Crippen LogP contribution in [0.5, 0.6) is 0 Å². The van der Waals surface area contributed by atoms with Crippen LogP contribution < -0.4 is 5.32 Å². The summed E-state index contributed by atoms with van der Waals surface area (Å²) in [5, 5.41) is 12.8. The molecule has 0 aliphatic heterocycles. The lowest BCUT2D eigenvalue weighted by Gasteiger charge is -2.30. The molecule has 0 heterocycles. The van der Waals surface area contributed by atoms with Crippen LogP contribution in [-0.4, -0.2) is 48.3 Å². The van der Waals surface area contributed by atoms with Gasteiger partial charge in [0.2, 0.25) is 0 Å². The van der Waals surface area contributed by atoms with Crippen LogP contribution in [-0.2, 0) is 0 Å². The molecular formula is C13H30N2O. The molecule has 0 spiro atoms. The second-order valence-corrected chi connectivity index (χ2v) is 5.32. The molecule has 0 aliphatic rings. The van der Waals surface area contributed by atoms with Gasteiger partial charge in [0.1, 0.15) is 0 Å². The zero-order valence-electron chi connectivity index (χ0n) is 11.7. The maximum absolute atomic E-state index is 9.41. The van der Waals surface area contributed by atoms with Gasteiger partial charge in [-0.25, -0.2) is 0 Å². The van der Waals surface area contributed by atoms with Crippen LogP contribution in [0, 0.1) is 0 Å². The van der Waals surface area contributed by atoms with Crippen LogP contribution in [0.25, 0.3) is 0 Å². The number of rotatable bonds is 9. The van der Waals surface area contributed by atoms with E-state index in [1.54, 1.807) is 0 Å². The molecule has 0 rings (SSSR count). The normalized spacial score (nSPS) is 15.8. The number of nitrogens with one attached hydrogen (secondary N) is 1. The summed E-state index contributed by atoms with van der Waals surface area (Å²) < 4.78 is 0. The minimum Gasteiger partial charge on any atom is -0.394 e. The van der Waals surface area contributed by atoms with Crippen molar-refractivity contribution in [2.24, 2.45) is 0 Å². The molecule has 2 N–H and O–H groups in total. The summed E-state index contributed by atoms with van der Waals surface area (Å²) in [6.45, 7) is 11.0. The van der Waals surface area contributed by atoms with Crippen molar-refractivity contribution in [3.8, 4) is 0 Å². The third kappa shape index (κ3) is 6.46. The lowest BCUT2D eigenvalue weighted by Crippen LogP contribution is -2.46. The minimum absolute atomic E-state index is 0.103. The summed E-state index contributed by atoms with van der Waals surface area (Å²) in [5.41, 5.74) is -0.103. The van der Waals surface area contributed by atoms with E-state index in [2.05, 4.69) is 45.0 Å². The first-order chi connectivity index (χ1) is 7.45. The highest BCUT2D eigenvalue weighted by Crippen LogP contribution is 2.12. The molecule has 0 aromatic heterocycles. The Labute approximate surface area is 101 Å². The van der Waals surface area contributed by atoms with Crippen LogP contribution in [0.3, 0.4) is 0 Å². The Bertz CT molecular complexity index is 173. The highest BCUT2D eigenvalue weighted by Gasteiger charge is 2.21. The van der Waals surface area contributed by atoms with Crippen LogP contribution in [0.4, 0.5) is 0 Å². The third-order valence-corrected chi connectivity index (χ3v) is 3.27. The number of nitrogens with zero attached hydrogens (tertiary/aromatic N) is 1. The average Bonchev–Trinajstić information content (AvgIpc) is 2.26. The molecule has 0 fully saturated rings. The Kier molecular flexibility index (Phi) is 7.98. The second-order valence-electron chi connectivity index (χ2n) is 5.32. The van der Waals surface area contributed by atoms with Gasteiger partial charge in [-0.3, -0.25) is 0 Å². The first kappa shape index (κ1) is 15.9. The van der Waals surface area contributed by atoms with Crippen molar-refractivity contribution in [2.75, 3.05) is 26.7 Å².